The van der Waals surface area contributed by atoms with E-state index < -0.39 is 0 Å². The van der Waals surface area contributed by atoms with Gasteiger partial charge >= 0.3 is 0 Å². The summed E-state index contributed by atoms with van der Waals surface area (Å²) in [7, 11) is 0. The van der Waals surface area contributed by atoms with E-state index in [1.54, 1.807) is 6.07 Å². The molecule has 96 valence electrons. The molecule has 3 rings (SSSR count). The summed E-state index contributed by atoms with van der Waals surface area (Å²) >= 11 is 0. The minimum Gasteiger partial charge on any atom is -0.507 e. The number of aryl methyl sites for hydroxylation is 2. The van der Waals surface area contributed by atoms with Crippen molar-refractivity contribution in [2.45, 2.75) is 20.3 Å². The second-order valence-electron chi connectivity index (χ2n) is 4.81. The number of hydrogen-bond acceptors (Lipinski definition) is 2. The molecule has 0 aliphatic carbocycles. The number of imidazole rings is 1. The third-order valence-corrected chi connectivity index (χ3v) is 3.36. The molecule has 0 aliphatic rings. The summed E-state index contributed by atoms with van der Waals surface area (Å²) in [5.74, 6) is 0.968. The molecular formula is C16H16N2O. The van der Waals surface area contributed by atoms with Crippen LogP contribution in [0.15, 0.2) is 36.4 Å². The number of aromatic amines is 1. The number of nitrogens with zero attached hydrogens (tertiary/aromatic N) is 1. The Morgan fingerprint density at radius 3 is 2.74 bits per heavy atom. The Morgan fingerprint density at radius 2 is 2.00 bits per heavy atom. The van der Waals surface area contributed by atoms with E-state index in [4.69, 9.17) is 0 Å². The van der Waals surface area contributed by atoms with E-state index >= 15 is 0 Å². The van der Waals surface area contributed by atoms with Crippen LogP contribution < -0.4 is 0 Å². The predicted molar refractivity (Wildman–Crippen MR) is 77.3 cm³/mol. The molecule has 0 atom stereocenters. The lowest BCUT2D eigenvalue weighted by molar-refractivity contribution is 0.476. The number of hydrogen-bond donors (Lipinski definition) is 2. The van der Waals surface area contributed by atoms with Crippen molar-refractivity contribution >= 4 is 11.0 Å². The average Bonchev–Trinajstić information content (AvgIpc) is 2.80. The van der Waals surface area contributed by atoms with Crippen LogP contribution >= 0.6 is 0 Å². The number of rotatable bonds is 2. The molecule has 0 aliphatic heterocycles. The Balaban J connectivity index is 2.14. The van der Waals surface area contributed by atoms with E-state index in [2.05, 4.69) is 29.0 Å². The SMILES string of the molecule is CCc1ccc2nc(-c3ccc(C)cc3O)[nH]c2c1. The van der Waals surface area contributed by atoms with Gasteiger partial charge in [-0.15, -0.1) is 0 Å². The largest absolute Gasteiger partial charge is 0.507 e. The van der Waals surface area contributed by atoms with Crippen molar-refractivity contribution < 1.29 is 5.11 Å². The van der Waals surface area contributed by atoms with Crippen molar-refractivity contribution in [3.05, 3.63) is 47.5 Å². The number of nitrogens with one attached hydrogen (secondary N) is 1. The van der Waals surface area contributed by atoms with Crippen LogP contribution in [-0.2, 0) is 6.42 Å². The second kappa shape index (κ2) is 4.43. The molecule has 1 heterocycles. The molecule has 0 bridgehead atoms. The highest BCUT2D eigenvalue weighted by atomic mass is 16.3. The number of benzene rings is 2. The van der Waals surface area contributed by atoms with Crippen molar-refractivity contribution in [3.8, 4) is 17.1 Å². The number of fused-ring (bicyclic) bond motifs is 1. The molecule has 0 radical (unpaired) electrons. The number of aromatic hydroxyl groups is 1. The van der Waals surface area contributed by atoms with Gasteiger partial charge in [0, 0.05) is 0 Å². The topological polar surface area (TPSA) is 48.9 Å². The zero-order valence-electron chi connectivity index (χ0n) is 11.1. The lowest BCUT2D eigenvalue weighted by Gasteiger charge is -2.01. The summed E-state index contributed by atoms with van der Waals surface area (Å²) in [6.45, 7) is 4.08. The fourth-order valence-electron chi connectivity index (χ4n) is 2.25. The Labute approximate surface area is 111 Å². The first-order valence-corrected chi connectivity index (χ1v) is 6.46. The number of phenols is 1. The molecular weight excluding hydrogens is 236 g/mol. The van der Waals surface area contributed by atoms with Crippen LogP contribution in [0, 0.1) is 6.92 Å². The molecule has 2 N–H and O–H groups in total. The van der Waals surface area contributed by atoms with E-state index in [1.807, 2.05) is 25.1 Å². The lowest BCUT2D eigenvalue weighted by Crippen LogP contribution is -1.82. The summed E-state index contributed by atoms with van der Waals surface area (Å²) in [6, 6.07) is 11.8. The number of aromatic nitrogens is 2. The lowest BCUT2D eigenvalue weighted by atomic mass is 10.1. The molecule has 3 heteroatoms. The van der Waals surface area contributed by atoms with Crippen LogP contribution in [0.25, 0.3) is 22.4 Å². The molecule has 0 amide bonds. The first kappa shape index (κ1) is 11.8. The van der Waals surface area contributed by atoms with Crippen molar-refractivity contribution in [1.82, 2.24) is 9.97 Å². The fourth-order valence-corrected chi connectivity index (χ4v) is 2.25. The van der Waals surface area contributed by atoms with Gasteiger partial charge in [0.25, 0.3) is 0 Å². The van der Waals surface area contributed by atoms with E-state index in [0.717, 1.165) is 28.6 Å². The van der Waals surface area contributed by atoms with Crippen LogP contribution in [0.4, 0.5) is 0 Å². The van der Waals surface area contributed by atoms with E-state index in [9.17, 15) is 5.11 Å². The minimum absolute atomic E-state index is 0.259. The molecule has 3 nitrogen and oxygen atoms in total. The highest BCUT2D eigenvalue weighted by Gasteiger charge is 2.09. The molecule has 1 aromatic heterocycles. The van der Waals surface area contributed by atoms with Crippen LogP contribution in [0.3, 0.4) is 0 Å². The van der Waals surface area contributed by atoms with E-state index in [0.29, 0.717) is 5.82 Å². The van der Waals surface area contributed by atoms with Crippen molar-refractivity contribution in [1.29, 1.82) is 0 Å². The van der Waals surface area contributed by atoms with Crippen molar-refractivity contribution in [3.63, 3.8) is 0 Å². The molecule has 0 saturated heterocycles. The Bertz CT molecular complexity index is 744. The Morgan fingerprint density at radius 1 is 1.16 bits per heavy atom. The molecule has 0 spiro atoms. The molecule has 0 fully saturated rings. The van der Waals surface area contributed by atoms with Gasteiger partial charge in [-0.1, -0.05) is 19.1 Å². The van der Waals surface area contributed by atoms with Gasteiger partial charge in [-0.2, -0.15) is 0 Å². The maximum absolute atomic E-state index is 10.0. The normalized spacial score (nSPS) is 11.1. The highest BCUT2D eigenvalue weighted by Crippen LogP contribution is 2.29. The van der Waals surface area contributed by atoms with Gasteiger partial charge in [-0.3, -0.25) is 0 Å². The first-order valence-electron chi connectivity index (χ1n) is 6.46. The van der Waals surface area contributed by atoms with Gasteiger partial charge in [-0.05, 0) is 48.7 Å². The number of phenolic OH excluding ortho intramolecular Hbond substituents is 1. The second-order valence-corrected chi connectivity index (χ2v) is 4.81. The zero-order chi connectivity index (χ0) is 13.4. The average molecular weight is 252 g/mol. The standard InChI is InChI=1S/C16H16N2O/c1-3-11-5-7-13-14(9-11)18-16(17-13)12-6-4-10(2)8-15(12)19/h4-9,19H,3H2,1-2H3,(H,17,18). The van der Waals surface area contributed by atoms with Gasteiger partial charge in [0.1, 0.15) is 11.6 Å². The van der Waals surface area contributed by atoms with Gasteiger partial charge < -0.3 is 10.1 Å². The summed E-state index contributed by atoms with van der Waals surface area (Å²) in [5.41, 5.74) is 4.97. The van der Waals surface area contributed by atoms with Gasteiger partial charge in [-0.25, -0.2) is 4.98 Å². The predicted octanol–water partition coefficient (Wildman–Crippen LogP) is 3.81. The fraction of sp³-hybridized carbons (Fsp3) is 0.188. The molecule has 0 unspecified atom stereocenters. The van der Waals surface area contributed by atoms with Crippen LogP contribution in [0.1, 0.15) is 18.1 Å². The third-order valence-electron chi connectivity index (χ3n) is 3.36. The maximum atomic E-state index is 10.0. The minimum atomic E-state index is 0.259. The number of H-pyrrole nitrogens is 1. The summed E-state index contributed by atoms with van der Waals surface area (Å²) in [6.07, 6.45) is 1.00. The first-order chi connectivity index (χ1) is 9.17. The zero-order valence-corrected chi connectivity index (χ0v) is 11.1. The highest BCUT2D eigenvalue weighted by molar-refractivity contribution is 5.81. The van der Waals surface area contributed by atoms with Crippen LogP contribution in [0.2, 0.25) is 0 Å². The van der Waals surface area contributed by atoms with Gasteiger partial charge in [0.2, 0.25) is 0 Å². The molecule has 2 aromatic carbocycles. The summed E-state index contributed by atoms with van der Waals surface area (Å²) < 4.78 is 0. The van der Waals surface area contributed by atoms with Gasteiger partial charge in [0.05, 0.1) is 16.6 Å². The molecule has 19 heavy (non-hydrogen) atoms. The summed E-state index contributed by atoms with van der Waals surface area (Å²) in [4.78, 5) is 7.81. The summed E-state index contributed by atoms with van der Waals surface area (Å²) in [5, 5.41) is 10.0. The maximum Gasteiger partial charge on any atom is 0.142 e. The van der Waals surface area contributed by atoms with E-state index in [1.165, 1.54) is 5.56 Å². The van der Waals surface area contributed by atoms with Crippen molar-refractivity contribution in [2.75, 3.05) is 0 Å². The molecule has 3 aromatic rings. The monoisotopic (exact) mass is 252 g/mol. The van der Waals surface area contributed by atoms with Gasteiger partial charge in [0.15, 0.2) is 0 Å². The van der Waals surface area contributed by atoms with Crippen LogP contribution in [0.5, 0.6) is 5.75 Å². The quantitative estimate of drug-likeness (QED) is 0.728. The Hall–Kier alpha value is -2.29. The molecule has 0 saturated carbocycles. The third kappa shape index (κ3) is 2.08. The van der Waals surface area contributed by atoms with E-state index in [-0.39, 0.29) is 5.75 Å². The van der Waals surface area contributed by atoms with Crippen LogP contribution in [-0.4, -0.2) is 15.1 Å². The Kier molecular flexibility index (Phi) is 2.75. The van der Waals surface area contributed by atoms with Crippen molar-refractivity contribution in [2.24, 2.45) is 0 Å². The smallest absolute Gasteiger partial charge is 0.142 e.